The molecule has 0 heterocycles. The lowest BCUT2D eigenvalue weighted by molar-refractivity contribution is 1.10. The van der Waals surface area contributed by atoms with Crippen LogP contribution in [0.1, 0.15) is 37.8 Å². The topological polar surface area (TPSA) is 47.6 Å². The molecule has 0 saturated carbocycles. The van der Waals surface area contributed by atoms with Crippen molar-refractivity contribution in [3.63, 3.8) is 0 Å². The van der Waals surface area contributed by atoms with Gasteiger partial charge < -0.3 is 0 Å². The molecule has 0 fully saturated rings. The van der Waals surface area contributed by atoms with Crippen molar-refractivity contribution in [2.75, 3.05) is 11.5 Å². The van der Waals surface area contributed by atoms with E-state index in [2.05, 4.69) is 26.0 Å². The predicted octanol–water partition coefficient (Wildman–Crippen LogP) is 4.43. The van der Waals surface area contributed by atoms with Crippen LogP contribution in [0, 0.1) is 22.7 Å². The summed E-state index contributed by atoms with van der Waals surface area (Å²) < 4.78 is 0. The second-order valence-electron chi connectivity index (χ2n) is 3.73. The monoisotopic (exact) mass is 276 g/mol. The fraction of sp³-hybridized carbons (Fsp3) is 0.429. The fourth-order valence-corrected chi connectivity index (χ4v) is 3.21. The number of hydrogen-bond acceptors (Lipinski definition) is 4. The standard InChI is InChI=1S/C14H16N2S2/c1-3-7-17-13-5-6-14(18-8-4-2)12(10-16)11(13)9-15/h5-6H,3-4,7-8H2,1-2H3. The van der Waals surface area contributed by atoms with E-state index in [1.807, 2.05) is 12.1 Å². The van der Waals surface area contributed by atoms with E-state index in [1.165, 1.54) is 0 Å². The number of benzene rings is 1. The van der Waals surface area contributed by atoms with Gasteiger partial charge in [-0.2, -0.15) is 10.5 Å². The van der Waals surface area contributed by atoms with Crippen molar-refractivity contribution in [3.05, 3.63) is 23.3 Å². The van der Waals surface area contributed by atoms with E-state index in [-0.39, 0.29) is 0 Å². The van der Waals surface area contributed by atoms with Crippen molar-refractivity contribution >= 4 is 23.5 Å². The Morgan fingerprint density at radius 2 is 1.28 bits per heavy atom. The smallest absolute Gasteiger partial charge is 0.102 e. The molecule has 0 bridgehead atoms. The van der Waals surface area contributed by atoms with Crippen LogP contribution in [-0.2, 0) is 0 Å². The number of nitrogens with zero attached hydrogens (tertiary/aromatic N) is 2. The van der Waals surface area contributed by atoms with Gasteiger partial charge in [-0.1, -0.05) is 13.8 Å². The first kappa shape index (κ1) is 15.0. The summed E-state index contributed by atoms with van der Waals surface area (Å²) in [5.74, 6) is 1.95. The van der Waals surface area contributed by atoms with E-state index in [9.17, 15) is 10.5 Å². The van der Waals surface area contributed by atoms with Gasteiger partial charge in [-0.15, -0.1) is 23.5 Å². The molecule has 0 N–H and O–H groups in total. The van der Waals surface area contributed by atoms with Crippen molar-refractivity contribution in [3.8, 4) is 12.1 Å². The Balaban J connectivity index is 3.12. The van der Waals surface area contributed by atoms with Gasteiger partial charge in [0.05, 0.1) is 11.1 Å². The minimum absolute atomic E-state index is 0.539. The first-order valence-electron chi connectivity index (χ1n) is 6.01. The highest BCUT2D eigenvalue weighted by Crippen LogP contribution is 2.32. The fourth-order valence-electron chi connectivity index (χ4n) is 1.45. The molecule has 0 atom stereocenters. The minimum atomic E-state index is 0.539. The van der Waals surface area contributed by atoms with Crippen molar-refractivity contribution in [2.24, 2.45) is 0 Å². The van der Waals surface area contributed by atoms with Gasteiger partial charge in [-0.25, -0.2) is 0 Å². The Hall–Kier alpha value is -1.10. The molecule has 0 unspecified atom stereocenters. The van der Waals surface area contributed by atoms with E-state index in [0.29, 0.717) is 11.1 Å². The van der Waals surface area contributed by atoms with Crippen LogP contribution in [0.25, 0.3) is 0 Å². The Morgan fingerprint density at radius 1 is 0.889 bits per heavy atom. The number of nitriles is 2. The summed E-state index contributed by atoms with van der Waals surface area (Å²) in [6.07, 6.45) is 2.12. The molecule has 0 aliphatic carbocycles. The van der Waals surface area contributed by atoms with Crippen molar-refractivity contribution in [1.29, 1.82) is 10.5 Å². The van der Waals surface area contributed by atoms with E-state index in [4.69, 9.17) is 0 Å². The lowest BCUT2D eigenvalue weighted by Crippen LogP contribution is -1.92. The quantitative estimate of drug-likeness (QED) is 0.721. The maximum atomic E-state index is 9.26. The van der Waals surface area contributed by atoms with Gasteiger partial charge in [0, 0.05) is 9.79 Å². The average Bonchev–Trinajstić information content (AvgIpc) is 2.42. The molecule has 4 heteroatoms. The lowest BCUT2D eigenvalue weighted by atomic mass is 10.1. The Kier molecular flexibility index (Phi) is 6.72. The van der Waals surface area contributed by atoms with Crippen LogP contribution in [0.5, 0.6) is 0 Å². The molecular formula is C14H16N2S2. The highest BCUT2D eigenvalue weighted by Gasteiger charge is 2.13. The molecule has 1 aromatic carbocycles. The lowest BCUT2D eigenvalue weighted by Gasteiger charge is -2.08. The van der Waals surface area contributed by atoms with Gasteiger partial charge in [0.15, 0.2) is 0 Å². The van der Waals surface area contributed by atoms with Crippen LogP contribution < -0.4 is 0 Å². The van der Waals surface area contributed by atoms with Crippen LogP contribution in [0.3, 0.4) is 0 Å². The summed E-state index contributed by atoms with van der Waals surface area (Å²) in [6, 6.07) is 8.31. The van der Waals surface area contributed by atoms with E-state index in [1.54, 1.807) is 23.5 Å². The normalized spacial score (nSPS) is 9.78. The second-order valence-corrected chi connectivity index (χ2v) is 6.01. The zero-order valence-electron chi connectivity index (χ0n) is 10.7. The van der Waals surface area contributed by atoms with Gasteiger partial charge in [-0.3, -0.25) is 0 Å². The molecule has 0 radical (unpaired) electrons. The molecule has 0 aromatic heterocycles. The largest absolute Gasteiger partial charge is 0.192 e. The van der Waals surface area contributed by atoms with Gasteiger partial charge in [-0.05, 0) is 36.5 Å². The zero-order valence-corrected chi connectivity index (χ0v) is 12.3. The number of rotatable bonds is 6. The molecule has 94 valence electrons. The number of hydrogen-bond donors (Lipinski definition) is 0. The first-order valence-corrected chi connectivity index (χ1v) is 7.98. The summed E-state index contributed by atoms with van der Waals surface area (Å²) in [6.45, 7) is 4.21. The third-order valence-corrected chi connectivity index (χ3v) is 4.80. The summed E-state index contributed by atoms with van der Waals surface area (Å²) in [5.41, 5.74) is 1.08. The zero-order chi connectivity index (χ0) is 13.4. The highest BCUT2D eigenvalue weighted by atomic mass is 32.2. The van der Waals surface area contributed by atoms with Gasteiger partial charge >= 0.3 is 0 Å². The Morgan fingerprint density at radius 3 is 1.56 bits per heavy atom. The predicted molar refractivity (Wildman–Crippen MR) is 77.9 cm³/mol. The van der Waals surface area contributed by atoms with Crippen LogP contribution in [0.4, 0.5) is 0 Å². The number of thioether (sulfide) groups is 2. The molecule has 0 spiro atoms. The summed E-state index contributed by atoms with van der Waals surface area (Å²) in [5, 5.41) is 18.5. The molecular weight excluding hydrogens is 260 g/mol. The summed E-state index contributed by atoms with van der Waals surface area (Å²) in [4.78, 5) is 1.86. The van der Waals surface area contributed by atoms with Gasteiger partial charge in [0.1, 0.15) is 12.1 Å². The third-order valence-electron chi connectivity index (χ3n) is 2.28. The van der Waals surface area contributed by atoms with E-state index < -0.39 is 0 Å². The Labute approximate surface area is 117 Å². The summed E-state index contributed by atoms with van der Waals surface area (Å²) >= 11 is 3.30. The highest BCUT2D eigenvalue weighted by molar-refractivity contribution is 7.99. The molecule has 2 nitrogen and oxygen atoms in total. The van der Waals surface area contributed by atoms with Crippen LogP contribution >= 0.6 is 23.5 Å². The van der Waals surface area contributed by atoms with E-state index >= 15 is 0 Å². The van der Waals surface area contributed by atoms with Crippen molar-refractivity contribution in [1.82, 2.24) is 0 Å². The third kappa shape index (κ3) is 3.70. The van der Waals surface area contributed by atoms with Gasteiger partial charge in [0.2, 0.25) is 0 Å². The Bertz CT molecular complexity index is 439. The first-order chi connectivity index (χ1) is 8.78. The molecule has 1 aromatic rings. The molecule has 0 amide bonds. The van der Waals surface area contributed by atoms with Crippen molar-refractivity contribution in [2.45, 2.75) is 36.5 Å². The molecule has 1 rings (SSSR count). The van der Waals surface area contributed by atoms with Crippen molar-refractivity contribution < 1.29 is 0 Å². The molecule has 0 saturated heterocycles. The average molecular weight is 276 g/mol. The van der Waals surface area contributed by atoms with Crippen LogP contribution in [0.2, 0.25) is 0 Å². The maximum absolute atomic E-state index is 9.26. The second kappa shape index (κ2) is 8.08. The molecule has 0 aliphatic rings. The van der Waals surface area contributed by atoms with Crippen LogP contribution in [0.15, 0.2) is 21.9 Å². The van der Waals surface area contributed by atoms with E-state index in [0.717, 1.165) is 34.1 Å². The van der Waals surface area contributed by atoms with Crippen LogP contribution in [-0.4, -0.2) is 11.5 Å². The maximum Gasteiger partial charge on any atom is 0.102 e. The molecule has 0 aliphatic heterocycles. The SMILES string of the molecule is CCCSc1ccc(SCCC)c(C#N)c1C#N. The molecule has 18 heavy (non-hydrogen) atoms. The van der Waals surface area contributed by atoms with Gasteiger partial charge in [0.25, 0.3) is 0 Å². The summed E-state index contributed by atoms with van der Waals surface area (Å²) in [7, 11) is 0. The minimum Gasteiger partial charge on any atom is -0.192 e.